The second-order valence-electron chi connectivity index (χ2n) is 4.96. The van der Waals surface area contributed by atoms with Crippen LogP contribution in [-0.4, -0.2) is 45.5 Å². The standard InChI is InChI=1S/C11H23NO5S/c1-11(2,6-7-13)9-12-18(15,16)8-4-5-10(14)17-3/h12-13H,4-9H2,1-3H3. The van der Waals surface area contributed by atoms with E-state index in [-0.39, 0.29) is 37.2 Å². The van der Waals surface area contributed by atoms with Crippen molar-refractivity contribution in [2.45, 2.75) is 33.1 Å². The Morgan fingerprint density at radius 2 is 2.00 bits per heavy atom. The number of carbonyl (C=O) groups excluding carboxylic acids is 1. The van der Waals surface area contributed by atoms with Crippen LogP contribution in [0.2, 0.25) is 0 Å². The van der Waals surface area contributed by atoms with E-state index in [0.29, 0.717) is 6.42 Å². The summed E-state index contributed by atoms with van der Waals surface area (Å²) in [6.45, 7) is 4.05. The number of esters is 1. The molecule has 0 saturated heterocycles. The quantitative estimate of drug-likeness (QED) is 0.592. The van der Waals surface area contributed by atoms with Gasteiger partial charge >= 0.3 is 5.97 Å². The van der Waals surface area contributed by atoms with Gasteiger partial charge in [-0.05, 0) is 18.3 Å². The van der Waals surface area contributed by atoms with Crippen LogP contribution in [0.25, 0.3) is 0 Å². The van der Waals surface area contributed by atoms with Gasteiger partial charge < -0.3 is 9.84 Å². The maximum absolute atomic E-state index is 11.6. The Morgan fingerprint density at radius 1 is 1.39 bits per heavy atom. The molecule has 0 aliphatic heterocycles. The molecule has 2 N–H and O–H groups in total. The number of aliphatic hydroxyl groups excluding tert-OH is 1. The molecule has 0 aromatic rings. The molecule has 108 valence electrons. The molecule has 6 nitrogen and oxygen atoms in total. The number of carbonyl (C=O) groups is 1. The van der Waals surface area contributed by atoms with Gasteiger partial charge in [0.15, 0.2) is 0 Å². The summed E-state index contributed by atoms with van der Waals surface area (Å²) in [5.41, 5.74) is -0.288. The van der Waals surface area contributed by atoms with E-state index in [4.69, 9.17) is 5.11 Å². The van der Waals surface area contributed by atoms with Crippen molar-refractivity contribution in [3.8, 4) is 0 Å². The predicted octanol–water partition coefficient (Wildman–Crippen LogP) is 0.268. The first kappa shape index (κ1) is 17.3. The van der Waals surface area contributed by atoms with Gasteiger partial charge in [0.1, 0.15) is 0 Å². The highest BCUT2D eigenvalue weighted by molar-refractivity contribution is 7.89. The Balaban J connectivity index is 4.05. The molecule has 0 saturated carbocycles. The van der Waals surface area contributed by atoms with Crippen molar-refractivity contribution in [1.29, 1.82) is 0 Å². The van der Waals surface area contributed by atoms with Crippen molar-refractivity contribution >= 4 is 16.0 Å². The van der Waals surface area contributed by atoms with Gasteiger partial charge in [-0.25, -0.2) is 13.1 Å². The fourth-order valence-corrected chi connectivity index (χ4v) is 2.56. The summed E-state index contributed by atoms with van der Waals surface area (Å²) < 4.78 is 30.2. The van der Waals surface area contributed by atoms with Crippen molar-refractivity contribution in [2.75, 3.05) is 26.0 Å². The van der Waals surface area contributed by atoms with Gasteiger partial charge in [0.2, 0.25) is 10.0 Å². The van der Waals surface area contributed by atoms with E-state index in [1.807, 2.05) is 13.8 Å². The van der Waals surface area contributed by atoms with Crippen molar-refractivity contribution in [3.05, 3.63) is 0 Å². The lowest BCUT2D eigenvalue weighted by Gasteiger charge is -2.23. The highest BCUT2D eigenvalue weighted by atomic mass is 32.2. The third-order valence-electron chi connectivity index (χ3n) is 2.58. The topological polar surface area (TPSA) is 92.7 Å². The highest BCUT2D eigenvalue weighted by Crippen LogP contribution is 2.18. The molecule has 0 heterocycles. The summed E-state index contributed by atoms with van der Waals surface area (Å²) in [6.07, 6.45) is 0.859. The first-order chi connectivity index (χ1) is 8.22. The normalized spacial score (nSPS) is 12.4. The third-order valence-corrected chi connectivity index (χ3v) is 3.99. The molecule has 0 bridgehead atoms. The fourth-order valence-electron chi connectivity index (χ4n) is 1.28. The summed E-state index contributed by atoms with van der Waals surface area (Å²) in [5.74, 6) is -0.511. The number of hydrogen-bond acceptors (Lipinski definition) is 5. The van der Waals surface area contributed by atoms with Crippen LogP contribution >= 0.6 is 0 Å². The number of rotatable bonds is 9. The van der Waals surface area contributed by atoms with E-state index in [1.165, 1.54) is 7.11 Å². The number of sulfonamides is 1. The lowest BCUT2D eigenvalue weighted by molar-refractivity contribution is -0.140. The third kappa shape index (κ3) is 8.43. The number of methoxy groups -OCH3 is 1. The van der Waals surface area contributed by atoms with Gasteiger partial charge in [-0.15, -0.1) is 0 Å². The summed E-state index contributed by atoms with van der Waals surface area (Å²) >= 11 is 0. The predicted molar refractivity (Wildman–Crippen MR) is 68.5 cm³/mol. The van der Waals surface area contributed by atoms with Gasteiger partial charge in [0, 0.05) is 19.6 Å². The zero-order valence-corrected chi connectivity index (χ0v) is 12.0. The van der Waals surface area contributed by atoms with Crippen LogP contribution < -0.4 is 4.72 Å². The number of ether oxygens (including phenoxy) is 1. The SMILES string of the molecule is COC(=O)CCCS(=O)(=O)NCC(C)(C)CCO. The van der Waals surface area contributed by atoms with E-state index in [0.717, 1.165) is 0 Å². The molecule has 0 aromatic heterocycles. The monoisotopic (exact) mass is 281 g/mol. The molecular weight excluding hydrogens is 258 g/mol. The molecule has 0 aliphatic carbocycles. The van der Waals surface area contributed by atoms with Crippen molar-refractivity contribution in [3.63, 3.8) is 0 Å². The van der Waals surface area contributed by atoms with Gasteiger partial charge in [-0.1, -0.05) is 13.8 Å². The Hall–Kier alpha value is -0.660. The van der Waals surface area contributed by atoms with Crippen molar-refractivity contribution < 1.29 is 23.1 Å². The molecule has 0 rings (SSSR count). The molecule has 7 heteroatoms. The van der Waals surface area contributed by atoms with Crippen LogP contribution in [0.5, 0.6) is 0 Å². The van der Waals surface area contributed by atoms with Crippen LogP contribution in [-0.2, 0) is 19.6 Å². The lowest BCUT2D eigenvalue weighted by Crippen LogP contribution is -2.36. The smallest absolute Gasteiger partial charge is 0.305 e. The maximum atomic E-state index is 11.6. The minimum Gasteiger partial charge on any atom is -0.469 e. The molecule has 0 spiro atoms. The Labute approximate surface area is 109 Å². The largest absolute Gasteiger partial charge is 0.469 e. The van der Waals surface area contributed by atoms with Gasteiger partial charge in [-0.2, -0.15) is 0 Å². The molecule has 0 fully saturated rings. The van der Waals surface area contributed by atoms with E-state index in [2.05, 4.69) is 9.46 Å². The van der Waals surface area contributed by atoms with Crippen LogP contribution in [0.4, 0.5) is 0 Å². The second-order valence-corrected chi connectivity index (χ2v) is 6.88. The maximum Gasteiger partial charge on any atom is 0.305 e. The molecule has 0 atom stereocenters. The molecule has 0 aliphatic rings. The van der Waals surface area contributed by atoms with Crippen molar-refractivity contribution in [2.24, 2.45) is 5.41 Å². The molecule has 0 radical (unpaired) electrons. The summed E-state index contributed by atoms with van der Waals surface area (Å²) in [6, 6.07) is 0. The molecule has 0 aromatic carbocycles. The molecule has 0 unspecified atom stereocenters. The van der Waals surface area contributed by atoms with Crippen molar-refractivity contribution in [1.82, 2.24) is 4.72 Å². The Bertz CT molecular complexity index is 350. The van der Waals surface area contributed by atoms with Gasteiger partial charge in [0.05, 0.1) is 12.9 Å². The van der Waals surface area contributed by atoms with Crippen LogP contribution in [0.3, 0.4) is 0 Å². The second kappa shape index (κ2) is 7.70. The Kier molecular flexibility index (Phi) is 7.42. The highest BCUT2D eigenvalue weighted by Gasteiger charge is 2.20. The minimum absolute atomic E-state index is 0.0249. The van der Waals surface area contributed by atoms with Gasteiger partial charge in [0.25, 0.3) is 0 Å². The summed E-state index contributed by atoms with van der Waals surface area (Å²) in [5, 5.41) is 8.83. The van der Waals surface area contributed by atoms with E-state index in [9.17, 15) is 13.2 Å². The average molecular weight is 281 g/mol. The van der Waals surface area contributed by atoms with E-state index in [1.54, 1.807) is 0 Å². The zero-order chi connectivity index (χ0) is 14.2. The molecule has 18 heavy (non-hydrogen) atoms. The molecular formula is C11H23NO5S. The first-order valence-corrected chi connectivity index (χ1v) is 7.53. The fraction of sp³-hybridized carbons (Fsp3) is 0.909. The van der Waals surface area contributed by atoms with Crippen LogP contribution in [0.1, 0.15) is 33.1 Å². The van der Waals surface area contributed by atoms with E-state index < -0.39 is 16.0 Å². The van der Waals surface area contributed by atoms with Crippen LogP contribution in [0, 0.1) is 5.41 Å². The molecule has 0 amide bonds. The average Bonchev–Trinajstić information content (AvgIpc) is 2.26. The van der Waals surface area contributed by atoms with Gasteiger partial charge in [-0.3, -0.25) is 4.79 Å². The zero-order valence-electron chi connectivity index (χ0n) is 11.2. The Morgan fingerprint density at radius 3 is 2.50 bits per heavy atom. The number of nitrogens with one attached hydrogen (secondary N) is 1. The summed E-state index contributed by atoms with van der Waals surface area (Å²) in [4.78, 5) is 10.8. The minimum atomic E-state index is -3.38. The first-order valence-electron chi connectivity index (χ1n) is 5.87. The van der Waals surface area contributed by atoms with E-state index >= 15 is 0 Å². The lowest BCUT2D eigenvalue weighted by atomic mass is 9.90. The summed E-state index contributed by atoms with van der Waals surface area (Å²) in [7, 11) is -2.11. The van der Waals surface area contributed by atoms with Crippen LogP contribution in [0.15, 0.2) is 0 Å². The number of hydrogen-bond donors (Lipinski definition) is 2. The number of aliphatic hydroxyl groups is 1.